The first-order valence-corrected chi connectivity index (χ1v) is 5.83. The summed E-state index contributed by atoms with van der Waals surface area (Å²) in [6.07, 6.45) is -5.17. The molecule has 0 aliphatic heterocycles. The van der Waals surface area contributed by atoms with Crippen molar-refractivity contribution in [3.8, 4) is 11.3 Å². The summed E-state index contributed by atoms with van der Waals surface area (Å²) in [5, 5.41) is 8.59. The Morgan fingerprint density at radius 1 is 1.14 bits per heavy atom. The van der Waals surface area contributed by atoms with Crippen LogP contribution in [0.4, 0.5) is 17.6 Å². The number of carboxylic acid groups (broad SMARTS) is 1. The molecule has 0 aliphatic carbocycles. The van der Waals surface area contributed by atoms with Crippen molar-refractivity contribution >= 4 is 5.97 Å². The van der Waals surface area contributed by atoms with E-state index in [1.54, 1.807) is 0 Å². The van der Waals surface area contributed by atoms with Crippen LogP contribution in [0.1, 0.15) is 11.1 Å². The molecule has 2 rings (SSSR count). The van der Waals surface area contributed by atoms with Crippen molar-refractivity contribution < 1.29 is 27.5 Å². The van der Waals surface area contributed by atoms with Gasteiger partial charge in [0.25, 0.3) is 0 Å². The Kier molecular flexibility index (Phi) is 3.93. The lowest BCUT2D eigenvalue weighted by molar-refractivity contribution is -0.137. The Balaban J connectivity index is 2.49. The number of carboxylic acids is 1. The second kappa shape index (κ2) is 5.51. The summed E-state index contributed by atoms with van der Waals surface area (Å²) >= 11 is 0. The monoisotopic (exact) mass is 299 g/mol. The maximum absolute atomic E-state index is 13.7. The van der Waals surface area contributed by atoms with E-state index in [0.717, 1.165) is 12.1 Å². The topological polar surface area (TPSA) is 50.2 Å². The van der Waals surface area contributed by atoms with Crippen LogP contribution in [-0.2, 0) is 17.4 Å². The number of carbonyl (C=O) groups is 1. The molecule has 3 nitrogen and oxygen atoms in total. The van der Waals surface area contributed by atoms with Gasteiger partial charge < -0.3 is 5.11 Å². The number of pyridine rings is 1. The van der Waals surface area contributed by atoms with Crippen molar-refractivity contribution in [1.29, 1.82) is 0 Å². The second-order valence-corrected chi connectivity index (χ2v) is 4.26. The summed E-state index contributed by atoms with van der Waals surface area (Å²) in [5.74, 6) is -2.34. The number of hydrogen-bond donors (Lipinski definition) is 1. The minimum atomic E-state index is -4.59. The maximum Gasteiger partial charge on any atom is 0.417 e. The van der Waals surface area contributed by atoms with E-state index in [2.05, 4.69) is 4.98 Å². The van der Waals surface area contributed by atoms with Gasteiger partial charge in [-0.25, -0.2) is 4.98 Å². The largest absolute Gasteiger partial charge is 0.481 e. The van der Waals surface area contributed by atoms with Crippen LogP contribution < -0.4 is 0 Å². The third kappa shape index (κ3) is 3.36. The fourth-order valence-corrected chi connectivity index (χ4v) is 1.86. The molecular weight excluding hydrogens is 290 g/mol. The lowest BCUT2D eigenvalue weighted by atomic mass is 10.0. The zero-order valence-corrected chi connectivity index (χ0v) is 10.5. The van der Waals surface area contributed by atoms with E-state index in [0.29, 0.717) is 0 Å². The van der Waals surface area contributed by atoms with E-state index < -0.39 is 30.1 Å². The average molecular weight is 299 g/mol. The van der Waals surface area contributed by atoms with Crippen LogP contribution in [0.2, 0.25) is 0 Å². The van der Waals surface area contributed by atoms with Gasteiger partial charge in [-0.1, -0.05) is 24.3 Å². The predicted octanol–water partition coefficient (Wildman–Crippen LogP) is 3.53. The van der Waals surface area contributed by atoms with Crippen molar-refractivity contribution in [3.05, 3.63) is 53.5 Å². The highest BCUT2D eigenvalue weighted by Gasteiger charge is 2.33. The molecule has 0 fully saturated rings. The van der Waals surface area contributed by atoms with E-state index in [9.17, 15) is 22.4 Å². The van der Waals surface area contributed by atoms with Crippen LogP contribution in [0.15, 0.2) is 36.4 Å². The highest BCUT2D eigenvalue weighted by molar-refractivity contribution is 5.71. The summed E-state index contributed by atoms with van der Waals surface area (Å²) < 4.78 is 52.3. The summed E-state index contributed by atoms with van der Waals surface area (Å²) in [6.45, 7) is 0. The quantitative estimate of drug-likeness (QED) is 0.696. The molecule has 0 radical (unpaired) electrons. The molecule has 7 heteroatoms. The number of rotatable bonds is 3. The molecule has 2 aromatic rings. The Morgan fingerprint density at radius 3 is 2.38 bits per heavy atom. The third-order valence-corrected chi connectivity index (χ3v) is 2.78. The van der Waals surface area contributed by atoms with Gasteiger partial charge in [-0.3, -0.25) is 4.79 Å². The molecule has 1 N–H and O–H groups in total. The van der Waals surface area contributed by atoms with Crippen LogP contribution in [-0.4, -0.2) is 16.1 Å². The normalized spacial score (nSPS) is 11.4. The van der Waals surface area contributed by atoms with Crippen molar-refractivity contribution in [2.24, 2.45) is 0 Å². The third-order valence-electron chi connectivity index (χ3n) is 2.78. The Morgan fingerprint density at radius 2 is 1.81 bits per heavy atom. The molecule has 0 aliphatic rings. The Hall–Kier alpha value is -2.44. The van der Waals surface area contributed by atoms with E-state index in [1.807, 2.05) is 0 Å². The van der Waals surface area contributed by atoms with Gasteiger partial charge in [-0.15, -0.1) is 0 Å². The first-order chi connectivity index (χ1) is 9.79. The highest BCUT2D eigenvalue weighted by Crippen LogP contribution is 2.36. The number of benzene rings is 1. The Bertz CT molecular complexity index is 683. The molecule has 0 saturated heterocycles. The molecule has 1 aromatic carbocycles. The van der Waals surface area contributed by atoms with E-state index >= 15 is 0 Å². The lowest BCUT2D eigenvalue weighted by Gasteiger charge is -2.12. The minimum Gasteiger partial charge on any atom is -0.481 e. The molecule has 21 heavy (non-hydrogen) atoms. The van der Waals surface area contributed by atoms with E-state index in [-0.39, 0.29) is 16.8 Å². The maximum atomic E-state index is 13.7. The van der Waals surface area contributed by atoms with Gasteiger partial charge in [-0.05, 0) is 12.1 Å². The molecule has 0 amide bonds. The van der Waals surface area contributed by atoms with Crippen molar-refractivity contribution in [1.82, 2.24) is 4.98 Å². The minimum absolute atomic E-state index is 0.185. The smallest absolute Gasteiger partial charge is 0.417 e. The van der Waals surface area contributed by atoms with Gasteiger partial charge in [0.15, 0.2) is 0 Å². The molecule has 1 aromatic heterocycles. The molecule has 110 valence electrons. The SMILES string of the molecule is O=C(O)Cc1ccc(-c2ccccc2C(F)(F)F)nc1F. The molecule has 0 bridgehead atoms. The van der Waals surface area contributed by atoms with Crippen LogP contribution in [0.3, 0.4) is 0 Å². The van der Waals surface area contributed by atoms with Gasteiger partial charge in [0.05, 0.1) is 17.7 Å². The number of hydrogen-bond acceptors (Lipinski definition) is 2. The number of aliphatic carboxylic acids is 1. The molecule has 0 saturated carbocycles. The summed E-state index contributed by atoms with van der Waals surface area (Å²) in [4.78, 5) is 14.0. The van der Waals surface area contributed by atoms with Gasteiger partial charge in [0.2, 0.25) is 5.95 Å². The first kappa shape index (κ1) is 15.0. The van der Waals surface area contributed by atoms with Crippen molar-refractivity contribution in [3.63, 3.8) is 0 Å². The summed E-state index contributed by atoms with van der Waals surface area (Å²) in [6, 6.07) is 6.96. The van der Waals surface area contributed by atoms with Gasteiger partial charge in [0.1, 0.15) is 0 Å². The number of nitrogens with zero attached hydrogens (tertiary/aromatic N) is 1. The molecule has 0 atom stereocenters. The number of aromatic nitrogens is 1. The number of alkyl halides is 3. The van der Waals surface area contributed by atoms with Crippen LogP contribution in [0.25, 0.3) is 11.3 Å². The molecule has 1 heterocycles. The molecule has 0 spiro atoms. The predicted molar refractivity (Wildman–Crippen MR) is 66.0 cm³/mol. The van der Waals surface area contributed by atoms with Crippen LogP contribution in [0.5, 0.6) is 0 Å². The number of halogens is 4. The van der Waals surface area contributed by atoms with Gasteiger partial charge >= 0.3 is 12.1 Å². The second-order valence-electron chi connectivity index (χ2n) is 4.26. The fourth-order valence-electron chi connectivity index (χ4n) is 1.86. The zero-order valence-electron chi connectivity index (χ0n) is 10.5. The van der Waals surface area contributed by atoms with Crippen LogP contribution in [0, 0.1) is 5.95 Å². The van der Waals surface area contributed by atoms with Gasteiger partial charge in [-0.2, -0.15) is 17.6 Å². The summed E-state index contributed by atoms with van der Waals surface area (Å²) in [5.41, 5.74) is -1.57. The molecular formula is C14H9F4NO2. The average Bonchev–Trinajstić information content (AvgIpc) is 2.40. The van der Waals surface area contributed by atoms with E-state index in [4.69, 9.17) is 5.11 Å². The van der Waals surface area contributed by atoms with Crippen LogP contribution >= 0.6 is 0 Å². The Labute approximate surface area is 116 Å². The van der Waals surface area contributed by atoms with E-state index in [1.165, 1.54) is 24.3 Å². The van der Waals surface area contributed by atoms with Gasteiger partial charge in [0, 0.05) is 11.1 Å². The molecule has 0 unspecified atom stereocenters. The van der Waals surface area contributed by atoms with Crippen molar-refractivity contribution in [2.75, 3.05) is 0 Å². The highest BCUT2D eigenvalue weighted by atomic mass is 19.4. The fraction of sp³-hybridized carbons (Fsp3) is 0.143. The standard InChI is InChI=1S/C14H9F4NO2/c15-13-8(7-12(20)21)5-6-11(19-13)9-3-1-2-4-10(9)14(16,17)18/h1-6H,7H2,(H,20,21). The summed E-state index contributed by atoms with van der Waals surface area (Å²) in [7, 11) is 0. The van der Waals surface area contributed by atoms with Crippen molar-refractivity contribution in [2.45, 2.75) is 12.6 Å². The first-order valence-electron chi connectivity index (χ1n) is 5.83. The lowest BCUT2D eigenvalue weighted by Crippen LogP contribution is -2.08. The zero-order chi connectivity index (χ0) is 15.6.